The molecular formula is C20H29N3O4. The molecule has 0 aliphatic carbocycles. The molecule has 0 radical (unpaired) electrons. The Balaban J connectivity index is 2.30. The molecule has 7 heteroatoms. The first-order valence-corrected chi connectivity index (χ1v) is 9.32. The highest BCUT2D eigenvalue weighted by Gasteiger charge is 2.50. The number of carbonyl (C=O) groups is 3. The second-order valence-corrected chi connectivity index (χ2v) is 7.66. The number of hydroxylamine groups is 1. The van der Waals surface area contributed by atoms with Crippen molar-refractivity contribution in [3.05, 3.63) is 35.9 Å². The Hall–Kier alpha value is -2.41. The van der Waals surface area contributed by atoms with Crippen LogP contribution in [0.15, 0.2) is 30.3 Å². The van der Waals surface area contributed by atoms with Gasteiger partial charge in [0, 0.05) is 26.4 Å². The van der Waals surface area contributed by atoms with Crippen molar-refractivity contribution in [1.82, 2.24) is 15.7 Å². The summed E-state index contributed by atoms with van der Waals surface area (Å²) in [5.74, 6) is -0.790. The third-order valence-corrected chi connectivity index (χ3v) is 5.17. The van der Waals surface area contributed by atoms with E-state index in [1.807, 2.05) is 44.2 Å². The molecule has 0 spiro atoms. The molecule has 7 nitrogen and oxygen atoms in total. The Bertz CT molecular complexity index is 677. The van der Waals surface area contributed by atoms with E-state index < -0.39 is 17.4 Å². The lowest BCUT2D eigenvalue weighted by molar-refractivity contribution is -0.146. The smallest absolute Gasteiger partial charge is 0.244 e. The van der Waals surface area contributed by atoms with Crippen molar-refractivity contribution >= 4 is 17.7 Å². The molecule has 1 aliphatic rings. The van der Waals surface area contributed by atoms with E-state index in [0.29, 0.717) is 25.8 Å². The molecule has 0 bridgehead atoms. The molecule has 3 N–H and O–H groups in total. The quantitative estimate of drug-likeness (QED) is 0.474. The van der Waals surface area contributed by atoms with Crippen molar-refractivity contribution < 1.29 is 19.6 Å². The standard InChI is InChI=1S/C20H29N3O4/c1-14(2)12-20(13-17(24)22-27)9-10-23(19(20)26)16(18(25)21-3)11-15-7-5-4-6-8-15/h4-8,14,16,27H,9-13H2,1-3H3,(H,21,25)(H,22,24)/t16-,20-/m1/s1. The molecule has 1 aliphatic heterocycles. The molecule has 1 aromatic rings. The predicted molar refractivity (Wildman–Crippen MR) is 101 cm³/mol. The van der Waals surface area contributed by atoms with Crippen molar-refractivity contribution in [2.24, 2.45) is 11.3 Å². The summed E-state index contributed by atoms with van der Waals surface area (Å²) in [6.07, 6.45) is 1.35. The summed E-state index contributed by atoms with van der Waals surface area (Å²) in [6, 6.07) is 8.93. The largest absolute Gasteiger partial charge is 0.357 e. The summed E-state index contributed by atoms with van der Waals surface area (Å²) in [4.78, 5) is 39.3. The topological polar surface area (TPSA) is 98.7 Å². The number of amides is 3. The van der Waals surface area contributed by atoms with Gasteiger partial charge in [0.25, 0.3) is 0 Å². The lowest BCUT2D eigenvalue weighted by Crippen LogP contribution is -2.50. The summed E-state index contributed by atoms with van der Waals surface area (Å²) in [5.41, 5.74) is 1.72. The predicted octanol–water partition coefficient (Wildman–Crippen LogP) is 1.50. The van der Waals surface area contributed by atoms with Gasteiger partial charge >= 0.3 is 0 Å². The summed E-state index contributed by atoms with van der Waals surface area (Å²) < 4.78 is 0. The molecule has 3 amide bonds. The molecule has 148 valence electrons. The van der Waals surface area contributed by atoms with Crippen LogP contribution in [-0.4, -0.2) is 47.5 Å². The minimum Gasteiger partial charge on any atom is -0.357 e. The first-order chi connectivity index (χ1) is 12.8. The maximum atomic E-state index is 13.4. The fourth-order valence-corrected chi connectivity index (χ4v) is 4.05. The van der Waals surface area contributed by atoms with Gasteiger partial charge in [-0.3, -0.25) is 19.6 Å². The van der Waals surface area contributed by atoms with Crippen molar-refractivity contribution in [2.75, 3.05) is 13.6 Å². The van der Waals surface area contributed by atoms with Crippen LogP contribution in [0.2, 0.25) is 0 Å². The number of likely N-dealkylation sites (N-methyl/N-ethyl adjacent to an activating group) is 1. The van der Waals surface area contributed by atoms with Crippen LogP contribution in [-0.2, 0) is 20.8 Å². The Morgan fingerprint density at radius 3 is 2.48 bits per heavy atom. The molecule has 1 saturated heterocycles. The highest BCUT2D eigenvalue weighted by atomic mass is 16.5. The minimum atomic E-state index is -0.885. The van der Waals surface area contributed by atoms with E-state index in [1.165, 1.54) is 0 Å². The second kappa shape index (κ2) is 8.99. The number of rotatable bonds is 8. The molecule has 0 unspecified atom stereocenters. The van der Waals surface area contributed by atoms with Gasteiger partial charge < -0.3 is 10.2 Å². The van der Waals surface area contributed by atoms with Crippen LogP contribution in [0.3, 0.4) is 0 Å². The highest BCUT2D eigenvalue weighted by Crippen LogP contribution is 2.42. The number of nitrogens with one attached hydrogen (secondary N) is 2. The van der Waals surface area contributed by atoms with Crippen LogP contribution in [0.1, 0.15) is 38.7 Å². The van der Waals surface area contributed by atoms with Gasteiger partial charge in [-0.25, -0.2) is 5.48 Å². The SMILES string of the molecule is CNC(=O)[C@@H](Cc1ccccc1)N1CC[C@](CC(=O)NO)(CC(C)C)C1=O. The van der Waals surface area contributed by atoms with Crippen molar-refractivity contribution in [3.63, 3.8) is 0 Å². The number of benzene rings is 1. The lowest BCUT2D eigenvalue weighted by atomic mass is 9.75. The zero-order valence-electron chi connectivity index (χ0n) is 16.2. The molecule has 1 aromatic carbocycles. The monoisotopic (exact) mass is 375 g/mol. The average Bonchev–Trinajstić information content (AvgIpc) is 2.95. The fourth-order valence-electron chi connectivity index (χ4n) is 4.05. The van der Waals surface area contributed by atoms with Gasteiger partial charge in [-0.2, -0.15) is 0 Å². The second-order valence-electron chi connectivity index (χ2n) is 7.66. The molecule has 0 saturated carbocycles. The highest BCUT2D eigenvalue weighted by molar-refractivity contribution is 5.94. The van der Waals surface area contributed by atoms with E-state index >= 15 is 0 Å². The van der Waals surface area contributed by atoms with Crippen LogP contribution in [0.5, 0.6) is 0 Å². The number of hydrogen-bond donors (Lipinski definition) is 3. The zero-order chi connectivity index (χ0) is 20.0. The van der Waals surface area contributed by atoms with E-state index in [2.05, 4.69) is 5.32 Å². The van der Waals surface area contributed by atoms with Crippen LogP contribution in [0.4, 0.5) is 0 Å². The van der Waals surface area contributed by atoms with Crippen LogP contribution >= 0.6 is 0 Å². The molecule has 2 rings (SSSR count). The van der Waals surface area contributed by atoms with E-state index in [0.717, 1.165) is 5.56 Å². The van der Waals surface area contributed by atoms with Crippen LogP contribution in [0, 0.1) is 11.3 Å². The number of hydrogen-bond acceptors (Lipinski definition) is 4. The summed E-state index contributed by atoms with van der Waals surface area (Å²) >= 11 is 0. The molecule has 2 atom stereocenters. The average molecular weight is 375 g/mol. The summed E-state index contributed by atoms with van der Waals surface area (Å²) in [6.45, 7) is 4.40. The van der Waals surface area contributed by atoms with E-state index in [9.17, 15) is 14.4 Å². The van der Waals surface area contributed by atoms with Crippen molar-refractivity contribution in [1.29, 1.82) is 0 Å². The van der Waals surface area contributed by atoms with Crippen LogP contribution in [0.25, 0.3) is 0 Å². The molecule has 1 fully saturated rings. The van der Waals surface area contributed by atoms with Gasteiger partial charge in [0.05, 0.1) is 5.41 Å². The lowest BCUT2D eigenvalue weighted by Gasteiger charge is -2.31. The van der Waals surface area contributed by atoms with E-state index in [-0.39, 0.29) is 24.2 Å². The maximum absolute atomic E-state index is 13.4. The van der Waals surface area contributed by atoms with Gasteiger partial charge in [-0.1, -0.05) is 44.2 Å². The van der Waals surface area contributed by atoms with Gasteiger partial charge in [-0.15, -0.1) is 0 Å². The Morgan fingerprint density at radius 1 is 1.26 bits per heavy atom. The molecule has 0 aromatic heterocycles. The third-order valence-electron chi connectivity index (χ3n) is 5.17. The third kappa shape index (κ3) is 4.86. The van der Waals surface area contributed by atoms with E-state index in [1.54, 1.807) is 17.4 Å². The summed E-state index contributed by atoms with van der Waals surface area (Å²) in [5, 5.41) is 11.6. The van der Waals surface area contributed by atoms with Gasteiger partial charge in [-0.05, 0) is 24.3 Å². The fraction of sp³-hybridized carbons (Fsp3) is 0.550. The maximum Gasteiger partial charge on any atom is 0.244 e. The molecular weight excluding hydrogens is 346 g/mol. The van der Waals surface area contributed by atoms with E-state index in [4.69, 9.17) is 5.21 Å². The Kier molecular flexibility index (Phi) is 6.96. The minimum absolute atomic E-state index is 0.0805. The van der Waals surface area contributed by atoms with Gasteiger partial charge in [0.1, 0.15) is 6.04 Å². The van der Waals surface area contributed by atoms with Crippen molar-refractivity contribution in [3.8, 4) is 0 Å². The Labute approximate surface area is 160 Å². The Morgan fingerprint density at radius 2 is 1.93 bits per heavy atom. The molecule has 1 heterocycles. The number of carbonyl (C=O) groups excluding carboxylic acids is 3. The normalized spacial score (nSPS) is 20.6. The zero-order valence-corrected chi connectivity index (χ0v) is 16.2. The number of nitrogens with zero attached hydrogens (tertiary/aromatic N) is 1. The first kappa shape index (κ1) is 20.9. The van der Waals surface area contributed by atoms with Crippen molar-refractivity contribution in [2.45, 2.75) is 45.6 Å². The summed E-state index contributed by atoms with van der Waals surface area (Å²) in [7, 11) is 1.56. The van der Waals surface area contributed by atoms with Gasteiger partial charge in [0.2, 0.25) is 17.7 Å². The molecule has 27 heavy (non-hydrogen) atoms. The van der Waals surface area contributed by atoms with Gasteiger partial charge in [0.15, 0.2) is 0 Å². The number of likely N-dealkylation sites (tertiary alicyclic amines) is 1. The first-order valence-electron chi connectivity index (χ1n) is 9.32. The van der Waals surface area contributed by atoms with Crippen LogP contribution < -0.4 is 10.8 Å².